The van der Waals surface area contributed by atoms with E-state index in [0.29, 0.717) is 31.8 Å². The van der Waals surface area contributed by atoms with Crippen LogP contribution >= 0.6 is 0 Å². The van der Waals surface area contributed by atoms with Gasteiger partial charge >= 0.3 is 0 Å². The minimum Gasteiger partial charge on any atom is -0.389 e. The molecule has 0 aromatic rings. The van der Waals surface area contributed by atoms with Gasteiger partial charge in [-0.2, -0.15) is 0 Å². The average Bonchev–Trinajstić information content (AvgIpc) is 2.72. The summed E-state index contributed by atoms with van der Waals surface area (Å²) in [4.78, 5) is 0. The molecule has 196 valence electrons. The summed E-state index contributed by atoms with van der Waals surface area (Å²) in [5.41, 5.74) is 2.78. The van der Waals surface area contributed by atoms with Crippen molar-refractivity contribution in [1.29, 1.82) is 0 Å². The molecule has 33 heavy (non-hydrogen) atoms. The zero-order chi connectivity index (χ0) is 25.0. The van der Waals surface area contributed by atoms with Gasteiger partial charge in [0.2, 0.25) is 0 Å². The summed E-state index contributed by atoms with van der Waals surface area (Å²) in [7, 11) is 0. The van der Waals surface area contributed by atoms with Crippen LogP contribution in [0.4, 0.5) is 0 Å². The van der Waals surface area contributed by atoms with Crippen LogP contribution in [0.1, 0.15) is 92.9 Å². The van der Waals surface area contributed by atoms with Crippen molar-refractivity contribution in [3.05, 3.63) is 24.6 Å². The van der Waals surface area contributed by atoms with Gasteiger partial charge < -0.3 is 24.8 Å². The van der Waals surface area contributed by atoms with E-state index in [0.717, 1.165) is 69.8 Å². The molecule has 0 fully saturated rings. The number of unbranched alkanes of at least 4 members (excludes halogenated alkanes) is 4. The quantitative estimate of drug-likeness (QED) is 0.179. The van der Waals surface area contributed by atoms with Crippen LogP contribution in [0.2, 0.25) is 0 Å². The molecule has 0 saturated heterocycles. The summed E-state index contributed by atoms with van der Waals surface area (Å²) in [6.07, 6.45) is 9.07. The maximum Gasteiger partial charge on any atom is 0.0701 e. The van der Waals surface area contributed by atoms with Crippen LogP contribution in [0.3, 0.4) is 0 Å². The number of nitrogens with one attached hydrogen (secondary N) is 2. The van der Waals surface area contributed by atoms with E-state index in [4.69, 9.17) is 14.2 Å². The number of allylic oxidation sites excluding steroid dienone is 2. The monoisotopic (exact) mass is 468 g/mol. The van der Waals surface area contributed by atoms with E-state index in [2.05, 4.69) is 65.3 Å². The Morgan fingerprint density at radius 2 is 1.06 bits per heavy atom. The van der Waals surface area contributed by atoms with Crippen LogP contribution in [0.25, 0.3) is 0 Å². The van der Waals surface area contributed by atoms with E-state index in [1.54, 1.807) is 0 Å². The first kappa shape index (κ1) is 32.0. The number of hydrogen-bond acceptors (Lipinski definition) is 5. The Morgan fingerprint density at radius 1 is 0.606 bits per heavy atom. The SMILES string of the molecule is C=C(CCC(C)(C)C)NCCCCCOCCOCCOCCCCCNC(=C)C(C)(C)C. The molecule has 0 aliphatic rings. The lowest BCUT2D eigenvalue weighted by Gasteiger charge is -2.23. The number of hydrogen-bond donors (Lipinski definition) is 2. The minimum absolute atomic E-state index is 0.133. The maximum atomic E-state index is 5.64. The van der Waals surface area contributed by atoms with Crippen molar-refractivity contribution in [3.8, 4) is 0 Å². The molecule has 0 rings (SSSR count). The van der Waals surface area contributed by atoms with Gasteiger partial charge in [0.1, 0.15) is 0 Å². The predicted molar refractivity (Wildman–Crippen MR) is 143 cm³/mol. The van der Waals surface area contributed by atoms with Crippen molar-refractivity contribution in [2.24, 2.45) is 10.8 Å². The molecule has 5 nitrogen and oxygen atoms in total. The largest absolute Gasteiger partial charge is 0.389 e. The normalized spacial score (nSPS) is 12.1. The van der Waals surface area contributed by atoms with Crippen LogP contribution < -0.4 is 10.6 Å². The first-order valence-electron chi connectivity index (χ1n) is 13.1. The average molecular weight is 469 g/mol. The van der Waals surface area contributed by atoms with Crippen LogP contribution in [-0.4, -0.2) is 52.7 Å². The molecule has 0 aromatic heterocycles. The molecule has 0 amide bonds. The fourth-order valence-corrected chi connectivity index (χ4v) is 2.94. The van der Waals surface area contributed by atoms with Crippen molar-refractivity contribution in [2.45, 2.75) is 92.9 Å². The van der Waals surface area contributed by atoms with E-state index in [9.17, 15) is 0 Å². The van der Waals surface area contributed by atoms with Crippen molar-refractivity contribution < 1.29 is 14.2 Å². The summed E-state index contributed by atoms with van der Waals surface area (Å²) in [6, 6.07) is 0. The molecule has 0 atom stereocenters. The van der Waals surface area contributed by atoms with Crippen molar-refractivity contribution in [3.63, 3.8) is 0 Å². The van der Waals surface area contributed by atoms with E-state index in [1.165, 1.54) is 19.3 Å². The second-order valence-electron chi connectivity index (χ2n) is 11.2. The lowest BCUT2D eigenvalue weighted by molar-refractivity contribution is 0.0133. The highest BCUT2D eigenvalue weighted by Gasteiger charge is 2.13. The molecule has 0 bridgehead atoms. The van der Waals surface area contributed by atoms with Crippen LogP contribution in [0.15, 0.2) is 24.6 Å². The highest BCUT2D eigenvalue weighted by Crippen LogP contribution is 2.22. The van der Waals surface area contributed by atoms with Crippen LogP contribution in [0.5, 0.6) is 0 Å². The summed E-state index contributed by atoms with van der Waals surface area (Å²) >= 11 is 0. The van der Waals surface area contributed by atoms with E-state index < -0.39 is 0 Å². The summed E-state index contributed by atoms with van der Waals surface area (Å²) < 4.78 is 16.8. The van der Waals surface area contributed by atoms with Gasteiger partial charge in [-0.1, -0.05) is 54.7 Å². The number of ether oxygens (including phenoxy) is 3. The van der Waals surface area contributed by atoms with Crippen molar-refractivity contribution >= 4 is 0 Å². The summed E-state index contributed by atoms with van der Waals surface area (Å²) in [5, 5.41) is 6.86. The van der Waals surface area contributed by atoms with Gasteiger partial charge in [-0.3, -0.25) is 0 Å². The molecule has 0 unspecified atom stereocenters. The molecule has 0 saturated carbocycles. The highest BCUT2D eigenvalue weighted by molar-refractivity contribution is 5.02. The Hall–Kier alpha value is -1.04. The summed E-state index contributed by atoms with van der Waals surface area (Å²) in [5.74, 6) is 0. The second-order valence-corrected chi connectivity index (χ2v) is 11.2. The van der Waals surface area contributed by atoms with Gasteiger partial charge in [0.05, 0.1) is 26.4 Å². The third-order valence-electron chi connectivity index (χ3n) is 5.47. The Morgan fingerprint density at radius 3 is 1.52 bits per heavy atom. The van der Waals surface area contributed by atoms with Crippen LogP contribution in [0, 0.1) is 10.8 Å². The molecular formula is C28H56N2O3. The molecule has 0 aliphatic heterocycles. The molecular weight excluding hydrogens is 412 g/mol. The molecule has 0 radical (unpaired) electrons. The van der Waals surface area contributed by atoms with Gasteiger partial charge in [-0.15, -0.1) is 0 Å². The number of rotatable bonds is 22. The van der Waals surface area contributed by atoms with Crippen molar-refractivity contribution in [2.75, 3.05) is 52.7 Å². The molecule has 5 heteroatoms. The third kappa shape index (κ3) is 23.9. The smallest absolute Gasteiger partial charge is 0.0701 e. The topological polar surface area (TPSA) is 51.8 Å². The molecule has 2 N–H and O–H groups in total. The minimum atomic E-state index is 0.133. The molecule has 0 spiro atoms. The third-order valence-corrected chi connectivity index (χ3v) is 5.47. The first-order chi connectivity index (χ1) is 15.5. The van der Waals surface area contributed by atoms with Gasteiger partial charge in [-0.25, -0.2) is 0 Å². The Bertz CT molecular complexity index is 492. The van der Waals surface area contributed by atoms with Crippen molar-refractivity contribution in [1.82, 2.24) is 10.6 Å². The van der Waals surface area contributed by atoms with E-state index in [1.807, 2.05) is 0 Å². The maximum absolute atomic E-state index is 5.64. The van der Waals surface area contributed by atoms with Gasteiger partial charge in [0, 0.05) is 43.1 Å². The fourth-order valence-electron chi connectivity index (χ4n) is 2.94. The summed E-state index contributed by atoms with van der Waals surface area (Å²) in [6.45, 7) is 27.8. The van der Waals surface area contributed by atoms with E-state index in [-0.39, 0.29) is 5.41 Å². The zero-order valence-electron chi connectivity index (χ0n) is 23.0. The molecule has 0 aliphatic carbocycles. The zero-order valence-corrected chi connectivity index (χ0v) is 23.0. The highest BCUT2D eigenvalue weighted by atomic mass is 16.5. The van der Waals surface area contributed by atoms with E-state index >= 15 is 0 Å². The van der Waals surface area contributed by atoms with Crippen LogP contribution in [-0.2, 0) is 14.2 Å². The lowest BCUT2D eigenvalue weighted by atomic mass is 9.90. The fraction of sp³-hybridized carbons (Fsp3) is 0.857. The standard InChI is InChI=1S/C28H56N2O3/c1-25(15-16-27(3,4)5)29-17-11-9-13-19-31-21-23-33-24-22-32-20-14-10-12-18-30-26(2)28(6,7)8/h29-30H,1-2,9-24H2,3-8H3. The predicted octanol–water partition coefficient (Wildman–Crippen LogP) is 6.46. The van der Waals surface area contributed by atoms with Gasteiger partial charge in [0.25, 0.3) is 0 Å². The van der Waals surface area contributed by atoms with Gasteiger partial charge in [0.15, 0.2) is 0 Å². The first-order valence-corrected chi connectivity index (χ1v) is 13.1. The Balaban J connectivity index is 3.21. The van der Waals surface area contributed by atoms with Gasteiger partial charge in [-0.05, 0) is 56.8 Å². The second kappa shape index (κ2) is 19.3. The molecule has 0 aromatic carbocycles. The Kier molecular flexibility index (Phi) is 18.7. The Labute approximate surface area is 206 Å². The molecule has 0 heterocycles. The lowest BCUT2D eigenvalue weighted by Crippen LogP contribution is -2.24.